The number of urea groups is 1. The molecule has 1 fully saturated rings. The molecule has 1 saturated carbocycles. The Balaban J connectivity index is 2.12. The Bertz CT molecular complexity index is 339. The minimum Gasteiger partial charge on any atom is -0.481 e. The molecule has 0 heterocycles. The zero-order valence-electron chi connectivity index (χ0n) is 13.1. The third kappa shape index (κ3) is 8.19. The van der Waals surface area contributed by atoms with Gasteiger partial charge in [-0.25, -0.2) is 4.79 Å². The first kappa shape index (κ1) is 18.1. The second-order valence-electron chi connectivity index (χ2n) is 5.95. The fourth-order valence-electron chi connectivity index (χ4n) is 2.67. The minimum absolute atomic E-state index is 0.0906. The smallest absolute Gasteiger partial charge is 0.315 e. The number of carboxylic acids is 1. The summed E-state index contributed by atoms with van der Waals surface area (Å²) in [5, 5.41) is 15.2. The Morgan fingerprint density at radius 3 is 2.76 bits per heavy atom. The highest BCUT2D eigenvalue weighted by molar-refractivity contribution is 7.99. The van der Waals surface area contributed by atoms with E-state index in [4.69, 9.17) is 5.11 Å². The molecule has 21 heavy (non-hydrogen) atoms. The number of amides is 2. The van der Waals surface area contributed by atoms with Crippen LogP contribution in [-0.4, -0.2) is 41.2 Å². The molecule has 1 aliphatic rings. The van der Waals surface area contributed by atoms with Gasteiger partial charge in [-0.15, -0.1) is 0 Å². The maximum Gasteiger partial charge on any atom is 0.315 e. The maximum absolute atomic E-state index is 11.8. The number of thioether (sulfide) groups is 1. The van der Waals surface area contributed by atoms with Gasteiger partial charge >= 0.3 is 12.0 Å². The van der Waals surface area contributed by atoms with Crippen molar-refractivity contribution in [1.82, 2.24) is 10.6 Å². The van der Waals surface area contributed by atoms with E-state index in [0.29, 0.717) is 30.2 Å². The van der Waals surface area contributed by atoms with Crippen molar-refractivity contribution >= 4 is 23.8 Å². The molecule has 2 amide bonds. The fraction of sp³-hybridized carbons (Fsp3) is 0.867. The molecule has 0 bridgehead atoms. The van der Waals surface area contributed by atoms with E-state index in [9.17, 15) is 9.59 Å². The molecule has 1 rings (SSSR count). The number of nitrogens with one attached hydrogen (secondary N) is 2. The van der Waals surface area contributed by atoms with Crippen LogP contribution < -0.4 is 10.6 Å². The van der Waals surface area contributed by atoms with Crippen LogP contribution in [0.3, 0.4) is 0 Å². The first-order chi connectivity index (χ1) is 10.0. The predicted octanol–water partition coefficient (Wildman–Crippen LogP) is 2.85. The molecule has 0 aromatic carbocycles. The average molecular weight is 316 g/mol. The largest absolute Gasteiger partial charge is 0.481 e. The Hall–Kier alpha value is -0.910. The molecule has 3 atom stereocenters. The molecule has 6 heteroatoms. The average Bonchev–Trinajstić information content (AvgIpc) is 2.45. The number of carbonyl (C=O) groups excluding carboxylic acids is 1. The van der Waals surface area contributed by atoms with Gasteiger partial charge in [0.1, 0.15) is 0 Å². The lowest BCUT2D eigenvalue weighted by Crippen LogP contribution is -2.44. The summed E-state index contributed by atoms with van der Waals surface area (Å²) in [5.41, 5.74) is 0. The molecule has 0 aromatic heterocycles. The SMILES string of the molecule is CSC1CCCC(NC(=O)NCCC(C)CCC(=O)O)C1. The number of hydrogen-bond acceptors (Lipinski definition) is 3. The zero-order valence-corrected chi connectivity index (χ0v) is 13.9. The summed E-state index contributed by atoms with van der Waals surface area (Å²) in [6, 6.07) is 0.202. The lowest BCUT2D eigenvalue weighted by atomic mass is 9.95. The summed E-state index contributed by atoms with van der Waals surface area (Å²) in [6.45, 7) is 2.62. The molecule has 0 radical (unpaired) electrons. The molecular formula is C15H28N2O3S. The van der Waals surface area contributed by atoms with Crippen molar-refractivity contribution in [2.75, 3.05) is 12.8 Å². The summed E-state index contributed by atoms with van der Waals surface area (Å²) >= 11 is 1.89. The van der Waals surface area contributed by atoms with Crippen molar-refractivity contribution in [3.05, 3.63) is 0 Å². The topological polar surface area (TPSA) is 78.4 Å². The van der Waals surface area contributed by atoms with Crippen LogP contribution in [0, 0.1) is 5.92 Å². The summed E-state index contributed by atoms with van der Waals surface area (Å²) in [5.74, 6) is -0.440. The highest BCUT2D eigenvalue weighted by Crippen LogP contribution is 2.26. The van der Waals surface area contributed by atoms with Gasteiger partial charge in [-0.3, -0.25) is 4.79 Å². The van der Waals surface area contributed by atoms with E-state index in [-0.39, 0.29) is 12.5 Å². The first-order valence-electron chi connectivity index (χ1n) is 7.80. The van der Waals surface area contributed by atoms with Gasteiger partial charge in [-0.1, -0.05) is 13.3 Å². The number of hydrogen-bond donors (Lipinski definition) is 3. The second kappa shape index (κ2) is 9.92. The van der Waals surface area contributed by atoms with Gasteiger partial charge in [-0.2, -0.15) is 11.8 Å². The van der Waals surface area contributed by atoms with E-state index in [1.165, 1.54) is 12.8 Å². The van der Waals surface area contributed by atoms with E-state index < -0.39 is 5.97 Å². The van der Waals surface area contributed by atoms with Crippen molar-refractivity contribution in [2.45, 2.75) is 63.2 Å². The van der Waals surface area contributed by atoms with Crippen molar-refractivity contribution in [2.24, 2.45) is 5.92 Å². The number of carbonyl (C=O) groups is 2. The predicted molar refractivity (Wildman–Crippen MR) is 86.7 cm³/mol. The third-order valence-electron chi connectivity index (χ3n) is 4.07. The Labute approximate surface area is 131 Å². The van der Waals surface area contributed by atoms with Crippen LogP contribution in [0.5, 0.6) is 0 Å². The number of carboxylic acid groups (broad SMARTS) is 1. The minimum atomic E-state index is -0.756. The molecule has 0 aromatic rings. The quantitative estimate of drug-likeness (QED) is 0.643. The van der Waals surface area contributed by atoms with Crippen molar-refractivity contribution in [3.63, 3.8) is 0 Å². The maximum atomic E-state index is 11.8. The van der Waals surface area contributed by atoms with Crippen molar-refractivity contribution in [1.29, 1.82) is 0 Å². The van der Waals surface area contributed by atoms with E-state index >= 15 is 0 Å². The molecule has 3 N–H and O–H groups in total. The standard InChI is InChI=1S/C15H28N2O3S/c1-11(6-7-14(18)19)8-9-16-15(20)17-12-4-3-5-13(10-12)21-2/h11-13H,3-10H2,1-2H3,(H,18,19)(H2,16,17,20). The Kier molecular flexibility index (Phi) is 8.57. The third-order valence-corrected chi connectivity index (χ3v) is 5.16. The van der Waals surface area contributed by atoms with E-state index in [1.807, 2.05) is 18.7 Å². The van der Waals surface area contributed by atoms with Crippen LogP contribution >= 0.6 is 11.8 Å². The first-order valence-corrected chi connectivity index (χ1v) is 9.09. The van der Waals surface area contributed by atoms with Gasteiger partial charge in [0.15, 0.2) is 0 Å². The Morgan fingerprint density at radius 1 is 1.33 bits per heavy atom. The number of rotatable bonds is 8. The normalized spacial score (nSPS) is 23.3. The van der Waals surface area contributed by atoms with E-state index in [1.54, 1.807) is 0 Å². The van der Waals surface area contributed by atoms with Crippen LogP contribution in [-0.2, 0) is 4.79 Å². The van der Waals surface area contributed by atoms with Crippen molar-refractivity contribution in [3.8, 4) is 0 Å². The van der Waals surface area contributed by atoms with Crippen LogP contribution in [0.1, 0.15) is 51.9 Å². The fourth-order valence-corrected chi connectivity index (χ4v) is 3.50. The molecule has 122 valence electrons. The molecule has 5 nitrogen and oxygen atoms in total. The van der Waals surface area contributed by atoms with Gasteiger partial charge in [-0.05, 0) is 44.3 Å². The van der Waals surface area contributed by atoms with Crippen LogP contribution in [0.4, 0.5) is 4.79 Å². The van der Waals surface area contributed by atoms with Gasteiger partial charge in [0.2, 0.25) is 0 Å². The van der Waals surface area contributed by atoms with Crippen LogP contribution in [0.25, 0.3) is 0 Å². The lowest BCUT2D eigenvalue weighted by Gasteiger charge is -2.28. The molecule has 0 spiro atoms. The summed E-state index contributed by atoms with van der Waals surface area (Å²) < 4.78 is 0. The molecular weight excluding hydrogens is 288 g/mol. The van der Waals surface area contributed by atoms with Crippen LogP contribution in [0.2, 0.25) is 0 Å². The van der Waals surface area contributed by atoms with Gasteiger partial charge in [0.25, 0.3) is 0 Å². The van der Waals surface area contributed by atoms with Gasteiger partial charge in [0.05, 0.1) is 0 Å². The molecule has 0 saturated heterocycles. The van der Waals surface area contributed by atoms with E-state index in [0.717, 1.165) is 19.3 Å². The monoisotopic (exact) mass is 316 g/mol. The van der Waals surface area contributed by atoms with Crippen molar-refractivity contribution < 1.29 is 14.7 Å². The van der Waals surface area contributed by atoms with E-state index in [2.05, 4.69) is 16.9 Å². The molecule has 3 unspecified atom stereocenters. The lowest BCUT2D eigenvalue weighted by molar-refractivity contribution is -0.137. The van der Waals surface area contributed by atoms with Gasteiger partial charge in [0, 0.05) is 24.3 Å². The molecule has 0 aliphatic heterocycles. The number of aliphatic carboxylic acids is 1. The highest BCUT2D eigenvalue weighted by Gasteiger charge is 2.22. The molecule has 1 aliphatic carbocycles. The summed E-state index contributed by atoms with van der Waals surface area (Å²) in [6.07, 6.45) is 8.38. The Morgan fingerprint density at radius 2 is 2.10 bits per heavy atom. The highest BCUT2D eigenvalue weighted by atomic mass is 32.2. The second-order valence-corrected chi connectivity index (χ2v) is 7.09. The van der Waals surface area contributed by atoms with Crippen LogP contribution in [0.15, 0.2) is 0 Å². The summed E-state index contributed by atoms with van der Waals surface area (Å²) in [7, 11) is 0. The summed E-state index contributed by atoms with van der Waals surface area (Å²) in [4.78, 5) is 22.3. The van der Waals surface area contributed by atoms with Gasteiger partial charge < -0.3 is 15.7 Å². The zero-order chi connectivity index (χ0) is 15.7.